The second-order valence-electron chi connectivity index (χ2n) is 15.3. The van der Waals surface area contributed by atoms with Crippen molar-refractivity contribution in [1.82, 2.24) is 0 Å². The van der Waals surface area contributed by atoms with E-state index in [4.69, 9.17) is 4.74 Å². The Hall–Kier alpha value is -0.370. The molecule has 1 heterocycles. The van der Waals surface area contributed by atoms with Gasteiger partial charge in [0.15, 0.2) is 0 Å². The Morgan fingerprint density at radius 2 is 1.39 bits per heavy atom. The maximum atomic E-state index is 12.9. The van der Waals surface area contributed by atoms with E-state index < -0.39 is 0 Å². The first-order valence-corrected chi connectivity index (χ1v) is 14.4. The van der Waals surface area contributed by atoms with Gasteiger partial charge in [-0.1, -0.05) is 48.5 Å². The molecule has 0 amide bonds. The molecule has 5 rings (SSSR count). The van der Waals surface area contributed by atoms with E-state index >= 15 is 0 Å². The number of fused-ring (bicyclic) bond motifs is 5. The summed E-state index contributed by atoms with van der Waals surface area (Å²) in [6.45, 7) is 22.0. The minimum absolute atomic E-state index is 0.0423. The van der Waals surface area contributed by atoms with Crippen LogP contribution in [0.5, 0.6) is 0 Å². The van der Waals surface area contributed by atoms with Crippen molar-refractivity contribution >= 4 is 5.78 Å². The summed E-state index contributed by atoms with van der Waals surface area (Å²) in [5, 5.41) is 0. The lowest BCUT2D eigenvalue weighted by Crippen LogP contribution is -2.63. The molecule has 0 bridgehead atoms. The van der Waals surface area contributed by atoms with E-state index in [1.807, 2.05) is 0 Å². The number of rotatable bonds is 2. The Kier molecular flexibility index (Phi) is 5.24. The summed E-state index contributed by atoms with van der Waals surface area (Å²) in [6.07, 6.45) is 12.4. The first kappa shape index (κ1) is 24.3. The highest BCUT2D eigenvalue weighted by Crippen LogP contribution is 2.76. The molecule has 9 atom stereocenters. The summed E-state index contributed by atoms with van der Waals surface area (Å²) in [4.78, 5) is 12.9. The third kappa shape index (κ3) is 2.97. The van der Waals surface area contributed by atoms with Crippen molar-refractivity contribution < 1.29 is 9.53 Å². The van der Waals surface area contributed by atoms with Gasteiger partial charge in [0.1, 0.15) is 5.78 Å². The van der Waals surface area contributed by atoms with E-state index in [0.29, 0.717) is 39.8 Å². The molecule has 0 aromatic rings. The summed E-state index contributed by atoms with van der Waals surface area (Å²) in [5.74, 6) is 3.91. The summed E-state index contributed by atoms with van der Waals surface area (Å²) in [5.41, 5.74) is 1.06. The van der Waals surface area contributed by atoms with Crippen molar-refractivity contribution in [3.8, 4) is 0 Å². The molecule has 2 nitrogen and oxygen atoms in total. The van der Waals surface area contributed by atoms with Gasteiger partial charge in [0.25, 0.3) is 0 Å². The Morgan fingerprint density at radius 1 is 0.727 bits per heavy atom. The number of carbonyl (C=O) groups excluding carboxylic acids is 1. The molecule has 0 aromatic carbocycles. The smallest absolute Gasteiger partial charge is 0.138 e. The second kappa shape index (κ2) is 7.10. The number of Topliss-reactive ketones (excluding diaryl/α,β-unsaturated/α-hetero) is 1. The van der Waals surface area contributed by atoms with Crippen LogP contribution in [0.15, 0.2) is 0 Å². The molecular formula is C31H52O2. The van der Waals surface area contributed by atoms with Crippen molar-refractivity contribution in [2.75, 3.05) is 0 Å². The minimum Gasteiger partial charge on any atom is -0.369 e. The number of ether oxygens (including phenoxy) is 1. The zero-order valence-electron chi connectivity index (χ0n) is 23.3. The van der Waals surface area contributed by atoms with E-state index in [9.17, 15) is 4.79 Å². The average Bonchev–Trinajstić information content (AvgIpc) is 3.25. The van der Waals surface area contributed by atoms with E-state index in [-0.39, 0.29) is 16.6 Å². The molecule has 1 saturated heterocycles. The Balaban J connectivity index is 1.46. The van der Waals surface area contributed by atoms with Crippen LogP contribution in [-0.4, -0.2) is 17.0 Å². The number of hydrogen-bond acceptors (Lipinski definition) is 2. The van der Waals surface area contributed by atoms with Crippen LogP contribution in [0, 0.1) is 51.2 Å². The van der Waals surface area contributed by atoms with Gasteiger partial charge in [-0.2, -0.15) is 0 Å². The normalized spacial score (nSPS) is 55.9. The van der Waals surface area contributed by atoms with Gasteiger partial charge in [0, 0.05) is 11.8 Å². The fourth-order valence-corrected chi connectivity index (χ4v) is 11.1. The van der Waals surface area contributed by atoms with Crippen LogP contribution in [0.25, 0.3) is 0 Å². The van der Waals surface area contributed by atoms with Crippen LogP contribution in [0.3, 0.4) is 0 Å². The molecule has 0 N–H and O–H groups in total. The third-order valence-electron chi connectivity index (χ3n) is 13.7. The molecule has 4 saturated carbocycles. The van der Waals surface area contributed by atoms with Crippen molar-refractivity contribution in [2.24, 2.45) is 51.2 Å². The molecule has 1 aliphatic heterocycles. The zero-order valence-corrected chi connectivity index (χ0v) is 23.3. The topological polar surface area (TPSA) is 26.3 Å². The van der Waals surface area contributed by atoms with Crippen LogP contribution in [0.1, 0.15) is 127 Å². The van der Waals surface area contributed by atoms with Gasteiger partial charge in [-0.05, 0) is 117 Å². The molecule has 0 radical (unpaired) electrons. The van der Waals surface area contributed by atoms with Gasteiger partial charge in [-0.3, -0.25) is 4.79 Å². The van der Waals surface area contributed by atoms with Gasteiger partial charge in [-0.25, -0.2) is 0 Å². The zero-order chi connectivity index (χ0) is 24.2. The standard InChI is InChI=1S/C31H52O2/c1-20(2)30(8)18-19-31(9,33-30)22-12-16-28(6)21(22)10-11-24-27(5)15-14-25(32)26(3,4)23(27)13-17-29(24,28)7/h20-24H,10-19H2,1-9H3. The Morgan fingerprint density at radius 3 is 2.03 bits per heavy atom. The molecule has 0 aromatic heterocycles. The number of carbonyl (C=O) groups is 1. The predicted octanol–water partition coefficient (Wildman–Crippen LogP) is 8.22. The van der Waals surface area contributed by atoms with Gasteiger partial charge in [-0.15, -0.1) is 0 Å². The molecule has 33 heavy (non-hydrogen) atoms. The lowest BCUT2D eigenvalue weighted by atomic mass is 9.35. The minimum atomic E-state index is -0.142. The van der Waals surface area contributed by atoms with Crippen molar-refractivity contribution in [3.05, 3.63) is 0 Å². The monoisotopic (exact) mass is 456 g/mol. The molecule has 0 spiro atoms. The van der Waals surface area contributed by atoms with Gasteiger partial charge in [0.05, 0.1) is 11.2 Å². The molecule has 4 aliphatic carbocycles. The van der Waals surface area contributed by atoms with E-state index in [1.54, 1.807) is 0 Å². The highest BCUT2D eigenvalue weighted by molar-refractivity contribution is 5.85. The molecule has 188 valence electrons. The van der Waals surface area contributed by atoms with Gasteiger partial charge < -0.3 is 4.74 Å². The lowest BCUT2D eigenvalue weighted by molar-refractivity contribution is -0.211. The van der Waals surface area contributed by atoms with Crippen molar-refractivity contribution in [1.29, 1.82) is 0 Å². The highest BCUT2D eigenvalue weighted by Gasteiger charge is 2.70. The van der Waals surface area contributed by atoms with Crippen LogP contribution >= 0.6 is 0 Å². The summed E-state index contributed by atoms with van der Waals surface area (Å²) < 4.78 is 7.05. The maximum Gasteiger partial charge on any atom is 0.138 e. The van der Waals surface area contributed by atoms with Crippen LogP contribution in [0.4, 0.5) is 0 Å². The maximum absolute atomic E-state index is 12.9. The fourth-order valence-electron chi connectivity index (χ4n) is 11.1. The number of hydrogen-bond donors (Lipinski definition) is 0. The Bertz CT molecular complexity index is 829. The predicted molar refractivity (Wildman–Crippen MR) is 136 cm³/mol. The van der Waals surface area contributed by atoms with E-state index in [0.717, 1.165) is 24.7 Å². The van der Waals surface area contributed by atoms with Crippen LogP contribution in [0.2, 0.25) is 0 Å². The quantitative estimate of drug-likeness (QED) is 0.418. The highest BCUT2D eigenvalue weighted by atomic mass is 16.5. The third-order valence-corrected chi connectivity index (χ3v) is 13.7. The van der Waals surface area contributed by atoms with Crippen LogP contribution < -0.4 is 0 Å². The van der Waals surface area contributed by atoms with Gasteiger partial charge >= 0.3 is 0 Å². The van der Waals surface area contributed by atoms with Crippen molar-refractivity contribution in [2.45, 2.75) is 138 Å². The first-order valence-electron chi connectivity index (χ1n) is 14.4. The molecule has 2 heteroatoms. The average molecular weight is 457 g/mol. The molecule has 9 unspecified atom stereocenters. The summed E-state index contributed by atoms with van der Waals surface area (Å²) >= 11 is 0. The van der Waals surface area contributed by atoms with E-state index in [1.165, 1.54) is 51.4 Å². The summed E-state index contributed by atoms with van der Waals surface area (Å²) in [7, 11) is 0. The molecule has 5 aliphatic rings. The van der Waals surface area contributed by atoms with E-state index in [2.05, 4.69) is 62.3 Å². The summed E-state index contributed by atoms with van der Waals surface area (Å²) in [6, 6.07) is 0. The SMILES string of the molecule is CC(C)C1(C)CCC(C)(C2CCC3(C)C2CCC2C4(C)CCC(=O)C(C)(C)C4CCC23C)O1. The largest absolute Gasteiger partial charge is 0.369 e. The second-order valence-corrected chi connectivity index (χ2v) is 15.3. The Labute approximate surface area is 204 Å². The lowest BCUT2D eigenvalue weighted by Gasteiger charge is -2.69. The van der Waals surface area contributed by atoms with Crippen molar-refractivity contribution in [3.63, 3.8) is 0 Å². The van der Waals surface area contributed by atoms with Crippen LogP contribution in [-0.2, 0) is 9.53 Å². The number of ketones is 1. The fraction of sp³-hybridized carbons (Fsp3) is 0.968. The first-order chi connectivity index (χ1) is 15.1. The van der Waals surface area contributed by atoms with Gasteiger partial charge in [0.2, 0.25) is 0 Å². The molecular weight excluding hydrogens is 404 g/mol. The molecule has 5 fully saturated rings.